The van der Waals surface area contributed by atoms with E-state index in [4.69, 9.17) is 0 Å². The van der Waals surface area contributed by atoms with E-state index in [-0.39, 0.29) is 0 Å². The van der Waals surface area contributed by atoms with E-state index in [0.29, 0.717) is 0 Å². The molecule has 1 saturated carbocycles. The first-order valence-electron chi connectivity index (χ1n) is 6.50. The fourth-order valence-corrected chi connectivity index (χ4v) is 2.60. The standard InChI is InChI=1S/C13H23N3/c1-3-16-10-13(9-15-16)8-14-7-12-5-4-11(2)6-12/h9-12,14H,3-8H2,1-2H3. The van der Waals surface area contributed by atoms with Gasteiger partial charge >= 0.3 is 0 Å². The van der Waals surface area contributed by atoms with Crippen molar-refractivity contribution in [2.45, 2.75) is 46.2 Å². The van der Waals surface area contributed by atoms with Gasteiger partial charge in [0, 0.05) is 24.8 Å². The van der Waals surface area contributed by atoms with Crippen LogP contribution in [-0.4, -0.2) is 16.3 Å². The van der Waals surface area contributed by atoms with Crippen molar-refractivity contribution in [1.82, 2.24) is 15.1 Å². The number of hydrogen-bond donors (Lipinski definition) is 1. The van der Waals surface area contributed by atoms with Gasteiger partial charge in [-0.05, 0) is 38.1 Å². The maximum absolute atomic E-state index is 4.27. The van der Waals surface area contributed by atoms with Crippen molar-refractivity contribution >= 4 is 0 Å². The molecule has 1 N–H and O–H groups in total. The van der Waals surface area contributed by atoms with Gasteiger partial charge < -0.3 is 5.32 Å². The second-order valence-electron chi connectivity index (χ2n) is 5.12. The minimum atomic E-state index is 0.899. The quantitative estimate of drug-likeness (QED) is 0.827. The Bertz CT molecular complexity index is 319. The lowest BCUT2D eigenvalue weighted by Gasteiger charge is -2.09. The van der Waals surface area contributed by atoms with E-state index in [9.17, 15) is 0 Å². The zero-order valence-corrected chi connectivity index (χ0v) is 10.4. The van der Waals surface area contributed by atoms with E-state index in [1.165, 1.54) is 31.4 Å². The Morgan fingerprint density at radius 3 is 3.00 bits per heavy atom. The summed E-state index contributed by atoms with van der Waals surface area (Å²) in [7, 11) is 0. The van der Waals surface area contributed by atoms with Crippen LogP contribution in [0.4, 0.5) is 0 Å². The highest BCUT2D eigenvalue weighted by atomic mass is 15.3. The molecule has 3 nitrogen and oxygen atoms in total. The Morgan fingerprint density at radius 2 is 2.38 bits per heavy atom. The van der Waals surface area contributed by atoms with E-state index in [0.717, 1.165) is 24.9 Å². The predicted molar refractivity (Wildman–Crippen MR) is 66.1 cm³/mol. The number of aromatic nitrogens is 2. The molecule has 0 aliphatic heterocycles. The van der Waals surface area contributed by atoms with Gasteiger partial charge in [-0.25, -0.2) is 0 Å². The number of hydrogen-bond acceptors (Lipinski definition) is 2. The number of nitrogens with zero attached hydrogens (tertiary/aromatic N) is 2. The number of nitrogens with one attached hydrogen (secondary N) is 1. The lowest BCUT2D eigenvalue weighted by molar-refractivity contribution is 0.470. The summed E-state index contributed by atoms with van der Waals surface area (Å²) in [6, 6.07) is 0. The lowest BCUT2D eigenvalue weighted by atomic mass is 10.1. The summed E-state index contributed by atoms with van der Waals surface area (Å²) >= 11 is 0. The summed E-state index contributed by atoms with van der Waals surface area (Å²) < 4.78 is 1.98. The first kappa shape index (κ1) is 11.6. The minimum Gasteiger partial charge on any atom is -0.312 e. The Kier molecular flexibility index (Phi) is 3.99. The highest BCUT2D eigenvalue weighted by Gasteiger charge is 2.20. The predicted octanol–water partition coefficient (Wildman–Crippen LogP) is 2.43. The summed E-state index contributed by atoms with van der Waals surface area (Å²) in [6.45, 7) is 7.57. The first-order valence-corrected chi connectivity index (χ1v) is 6.50. The zero-order chi connectivity index (χ0) is 11.4. The largest absolute Gasteiger partial charge is 0.312 e. The zero-order valence-electron chi connectivity index (χ0n) is 10.4. The molecule has 2 atom stereocenters. The Morgan fingerprint density at radius 1 is 1.50 bits per heavy atom. The SMILES string of the molecule is CCn1cc(CNCC2CCC(C)C2)cn1. The van der Waals surface area contributed by atoms with Gasteiger partial charge in [-0.2, -0.15) is 5.10 Å². The first-order chi connectivity index (χ1) is 7.78. The van der Waals surface area contributed by atoms with Crippen LogP contribution in [0.25, 0.3) is 0 Å². The summed E-state index contributed by atoms with van der Waals surface area (Å²) in [5.74, 6) is 1.84. The molecule has 0 radical (unpaired) electrons. The minimum absolute atomic E-state index is 0.899. The molecule has 1 aromatic rings. The van der Waals surface area contributed by atoms with E-state index in [1.54, 1.807) is 0 Å². The molecule has 1 fully saturated rings. The van der Waals surface area contributed by atoms with Crippen LogP contribution in [0, 0.1) is 11.8 Å². The molecule has 2 rings (SSSR count). The van der Waals surface area contributed by atoms with Crippen molar-refractivity contribution in [3.8, 4) is 0 Å². The van der Waals surface area contributed by atoms with Crippen molar-refractivity contribution < 1.29 is 0 Å². The summed E-state index contributed by atoms with van der Waals surface area (Å²) in [6.07, 6.45) is 8.32. The Balaban J connectivity index is 1.67. The van der Waals surface area contributed by atoms with Gasteiger partial charge in [0.05, 0.1) is 6.20 Å². The van der Waals surface area contributed by atoms with Crippen LogP contribution in [0.2, 0.25) is 0 Å². The Hall–Kier alpha value is -0.830. The van der Waals surface area contributed by atoms with E-state index < -0.39 is 0 Å². The average Bonchev–Trinajstić information content (AvgIpc) is 2.88. The van der Waals surface area contributed by atoms with Gasteiger partial charge in [0.15, 0.2) is 0 Å². The van der Waals surface area contributed by atoms with Gasteiger partial charge in [0.1, 0.15) is 0 Å². The molecule has 0 amide bonds. The van der Waals surface area contributed by atoms with Crippen LogP contribution in [-0.2, 0) is 13.1 Å². The monoisotopic (exact) mass is 221 g/mol. The molecule has 1 aromatic heterocycles. The molecular weight excluding hydrogens is 198 g/mol. The van der Waals surface area contributed by atoms with Gasteiger partial charge in [-0.1, -0.05) is 13.3 Å². The third kappa shape index (κ3) is 3.08. The summed E-state index contributed by atoms with van der Waals surface area (Å²) in [5, 5.41) is 7.82. The molecule has 90 valence electrons. The van der Waals surface area contributed by atoms with E-state index in [1.807, 2.05) is 10.9 Å². The van der Waals surface area contributed by atoms with Crippen LogP contribution in [0.5, 0.6) is 0 Å². The highest BCUT2D eigenvalue weighted by Crippen LogP contribution is 2.29. The molecule has 16 heavy (non-hydrogen) atoms. The molecule has 0 bridgehead atoms. The van der Waals surface area contributed by atoms with Crippen molar-refractivity contribution in [2.24, 2.45) is 11.8 Å². The van der Waals surface area contributed by atoms with Crippen molar-refractivity contribution in [2.75, 3.05) is 6.54 Å². The van der Waals surface area contributed by atoms with Gasteiger partial charge in [-0.15, -0.1) is 0 Å². The maximum Gasteiger partial charge on any atom is 0.0534 e. The molecule has 0 spiro atoms. The van der Waals surface area contributed by atoms with Gasteiger partial charge in [-0.3, -0.25) is 4.68 Å². The molecule has 1 aliphatic rings. The lowest BCUT2D eigenvalue weighted by Crippen LogP contribution is -2.20. The number of aryl methyl sites for hydroxylation is 1. The third-order valence-electron chi connectivity index (χ3n) is 3.58. The molecule has 0 saturated heterocycles. The van der Waals surface area contributed by atoms with Crippen LogP contribution in [0.15, 0.2) is 12.4 Å². The van der Waals surface area contributed by atoms with E-state index in [2.05, 4.69) is 30.5 Å². The van der Waals surface area contributed by atoms with Gasteiger partial charge in [0.25, 0.3) is 0 Å². The van der Waals surface area contributed by atoms with Gasteiger partial charge in [0.2, 0.25) is 0 Å². The fourth-order valence-electron chi connectivity index (χ4n) is 2.60. The van der Waals surface area contributed by atoms with Crippen molar-refractivity contribution in [3.05, 3.63) is 18.0 Å². The highest BCUT2D eigenvalue weighted by molar-refractivity contribution is 5.03. The van der Waals surface area contributed by atoms with Crippen molar-refractivity contribution in [3.63, 3.8) is 0 Å². The van der Waals surface area contributed by atoms with Crippen LogP contribution < -0.4 is 5.32 Å². The molecule has 3 heteroatoms. The summed E-state index contributed by atoms with van der Waals surface area (Å²) in [5.41, 5.74) is 1.30. The average molecular weight is 221 g/mol. The Labute approximate surface area is 98.2 Å². The smallest absolute Gasteiger partial charge is 0.0534 e. The molecule has 0 aromatic carbocycles. The van der Waals surface area contributed by atoms with Crippen molar-refractivity contribution in [1.29, 1.82) is 0 Å². The summed E-state index contributed by atoms with van der Waals surface area (Å²) in [4.78, 5) is 0. The van der Waals surface area contributed by atoms with Crippen LogP contribution in [0.3, 0.4) is 0 Å². The molecule has 1 aliphatic carbocycles. The second-order valence-corrected chi connectivity index (χ2v) is 5.12. The normalized spacial score (nSPS) is 25.1. The molecule has 1 heterocycles. The number of rotatable bonds is 5. The third-order valence-corrected chi connectivity index (χ3v) is 3.58. The molecular formula is C13H23N3. The fraction of sp³-hybridized carbons (Fsp3) is 0.769. The van der Waals surface area contributed by atoms with E-state index >= 15 is 0 Å². The maximum atomic E-state index is 4.27. The topological polar surface area (TPSA) is 29.9 Å². The molecule has 2 unspecified atom stereocenters. The van der Waals surface area contributed by atoms with Crippen LogP contribution in [0.1, 0.15) is 38.7 Å². The van der Waals surface area contributed by atoms with Crippen LogP contribution >= 0.6 is 0 Å². The second kappa shape index (κ2) is 5.48.